The number of hydrogen-bond donors (Lipinski definition) is 0. The number of aromatic nitrogens is 1. The molecule has 2 atom stereocenters. The highest BCUT2D eigenvalue weighted by Gasteiger charge is 2.11. The lowest BCUT2D eigenvalue weighted by Crippen LogP contribution is -2.09. The molecule has 0 aromatic carbocycles. The maximum atomic E-state index is 12.0. The molecule has 1 aromatic rings. The van der Waals surface area contributed by atoms with E-state index in [2.05, 4.69) is 24.9 Å². The van der Waals surface area contributed by atoms with Crippen LogP contribution in [0.2, 0.25) is 0 Å². The molecule has 0 fully saturated rings. The van der Waals surface area contributed by atoms with Crippen LogP contribution < -0.4 is 0 Å². The summed E-state index contributed by atoms with van der Waals surface area (Å²) in [5.74, 6) is 0.631. The van der Waals surface area contributed by atoms with Crippen LogP contribution in [0.3, 0.4) is 0 Å². The Morgan fingerprint density at radius 1 is 1.31 bits per heavy atom. The largest absolute Gasteiger partial charge is 0.294 e. The fourth-order valence-corrected chi connectivity index (χ4v) is 1.36. The predicted molar refractivity (Wildman–Crippen MR) is 66.3 cm³/mol. The first-order valence-corrected chi connectivity index (χ1v) is 5.77. The summed E-state index contributed by atoms with van der Waals surface area (Å²) in [7, 11) is 0. The summed E-state index contributed by atoms with van der Waals surface area (Å²) in [6.07, 6.45) is 8.52. The number of carbonyl (C=O) groups is 1. The second-order valence-electron chi connectivity index (χ2n) is 4.16. The van der Waals surface area contributed by atoms with Gasteiger partial charge in [0.25, 0.3) is 0 Å². The lowest BCUT2D eigenvalue weighted by molar-refractivity contribution is 0.0953. The summed E-state index contributed by atoms with van der Waals surface area (Å²) in [6, 6.07) is 3.52. The Kier molecular flexibility index (Phi) is 4.90. The number of hydrogen-bond acceptors (Lipinski definition) is 2. The number of nitrogens with zero attached hydrogens (tertiary/aromatic N) is 1. The molecule has 0 spiro atoms. The average molecular weight is 217 g/mol. The minimum Gasteiger partial charge on any atom is -0.294 e. The van der Waals surface area contributed by atoms with Crippen molar-refractivity contribution >= 4 is 5.78 Å². The monoisotopic (exact) mass is 217 g/mol. The highest BCUT2D eigenvalue weighted by molar-refractivity contribution is 5.98. The molecule has 2 nitrogen and oxygen atoms in total. The molecule has 0 aliphatic carbocycles. The van der Waals surface area contributed by atoms with E-state index in [4.69, 9.17) is 0 Å². The van der Waals surface area contributed by atoms with E-state index in [9.17, 15) is 4.79 Å². The van der Waals surface area contributed by atoms with Gasteiger partial charge < -0.3 is 0 Å². The first-order valence-electron chi connectivity index (χ1n) is 5.77. The molecule has 0 radical (unpaired) electrons. The first-order chi connectivity index (χ1) is 7.65. The zero-order valence-corrected chi connectivity index (χ0v) is 10.2. The van der Waals surface area contributed by atoms with E-state index < -0.39 is 0 Å². The van der Waals surface area contributed by atoms with E-state index in [1.165, 1.54) is 0 Å². The first kappa shape index (κ1) is 12.6. The Labute approximate surface area is 97.4 Å². The topological polar surface area (TPSA) is 30.0 Å². The van der Waals surface area contributed by atoms with Crippen molar-refractivity contribution in [1.82, 2.24) is 4.98 Å². The van der Waals surface area contributed by atoms with Crippen molar-refractivity contribution < 1.29 is 4.79 Å². The highest BCUT2D eigenvalue weighted by atomic mass is 16.1. The van der Waals surface area contributed by atoms with Crippen molar-refractivity contribution in [2.75, 3.05) is 0 Å². The van der Waals surface area contributed by atoms with Crippen LogP contribution >= 0.6 is 0 Å². The van der Waals surface area contributed by atoms with Crippen LogP contribution in [0.5, 0.6) is 0 Å². The van der Waals surface area contributed by atoms with Gasteiger partial charge in [0.15, 0.2) is 5.78 Å². The zero-order valence-electron chi connectivity index (χ0n) is 10.2. The Hall–Kier alpha value is -1.44. The van der Waals surface area contributed by atoms with Crippen molar-refractivity contribution in [2.45, 2.75) is 27.2 Å². The predicted octanol–water partition coefficient (Wildman–Crippen LogP) is 3.50. The quantitative estimate of drug-likeness (QED) is 0.558. The Morgan fingerprint density at radius 3 is 2.50 bits per heavy atom. The van der Waals surface area contributed by atoms with Gasteiger partial charge in [0.2, 0.25) is 0 Å². The molecule has 0 bridgehead atoms. The summed E-state index contributed by atoms with van der Waals surface area (Å²) in [4.78, 5) is 15.9. The number of carbonyl (C=O) groups excluding carboxylic acids is 1. The Morgan fingerprint density at radius 2 is 1.94 bits per heavy atom. The van der Waals surface area contributed by atoms with E-state index >= 15 is 0 Å². The number of allylic oxidation sites excluding steroid dienone is 2. The number of Topliss-reactive ketones (excluding diaryl/α,β-unsaturated/α-hetero) is 1. The lowest BCUT2D eigenvalue weighted by atomic mass is 9.98. The van der Waals surface area contributed by atoms with Crippen molar-refractivity contribution in [2.24, 2.45) is 11.8 Å². The maximum absolute atomic E-state index is 12.0. The van der Waals surface area contributed by atoms with Gasteiger partial charge in [-0.3, -0.25) is 9.78 Å². The summed E-state index contributed by atoms with van der Waals surface area (Å²) >= 11 is 0. The molecule has 0 aliphatic heterocycles. The van der Waals surface area contributed by atoms with Gasteiger partial charge in [-0.25, -0.2) is 0 Å². The normalized spacial score (nSPS) is 14.9. The van der Waals surface area contributed by atoms with Crippen LogP contribution in [0.25, 0.3) is 0 Å². The van der Waals surface area contributed by atoms with E-state index in [-0.39, 0.29) is 11.7 Å². The van der Waals surface area contributed by atoms with E-state index in [1.54, 1.807) is 24.5 Å². The van der Waals surface area contributed by atoms with Crippen LogP contribution in [0.15, 0.2) is 36.7 Å². The number of ketones is 1. The number of rotatable bonds is 5. The molecule has 0 saturated heterocycles. The number of pyridine rings is 1. The molecular weight excluding hydrogens is 198 g/mol. The molecular formula is C14H19NO. The van der Waals surface area contributed by atoms with Gasteiger partial charge in [0, 0.05) is 23.9 Å². The molecule has 1 rings (SSSR count). The van der Waals surface area contributed by atoms with Crippen LogP contribution in [0.4, 0.5) is 0 Å². The second-order valence-corrected chi connectivity index (χ2v) is 4.16. The zero-order chi connectivity index (χ0) is 12.0. The smallest absolute Gasteiger partial charge is 0.169 e. The third-order valence-corrected chi connectivity index (χ3v) is 2.75. The van der Waals surface area contributed by atoms with Gasteiger partial charge in [-0.05, 0) is 18.1 Å². The molecule has 0 saturated carbocycles. The lowest BCUT2D eigenvalue weighted by Gasteiger charge is -2.06. The molecule has 16 heavy (non-hydrogen) atoms. The van der Waals surface area contributed by atoms with Gasteiger partial charge in [-0.2, -0.15) is 0 Å². The third-order valence-electron chi connectivity index (χ3n) is 2.75. The van der Waals surface area contributed by atoms with Crippen molar-refractivity contribution in [3.8, 4) is 0 Å². The summed E-state index contributed by atoms with van der Waals surface area (Å²) in [5, 5.41) is 0. The van der Waals surface area contributed by atoms with Gasteiger partial charge in [0.05, 0.1) is 0 Å². The standard InChI is InChI=1S/C14H19NO/c1-4-11(2)5-6-12(3)14(16)13-7-9-15-10-8-13/h5-12H,4H2,1-3H3/b6-5+/t11?,12-/m0/s1. The van der Waals surface area contributed by atoms with E-state index in [0.717, 1.165) is 12.0 Å². The molecule has 1 aromatic heterocycles. The molecule has 0 amide bonds. The van der Waals surface area contributed by atoms with Gasteiger partial charge >= 0.3 is 0 Å². The maximum Gasteiger partial charge on any atom is 0.169 e. The van der Waals surface area contributed by atoms with Gasteiger partial charge in [-0.15, -0.1) is 0 Å². The van der Waals surface area contributed by atoms with E-state index in [1.807, 2.05) is 13.0 Å². The molecule has 0 aliphatic rings. The van der Waals surface area contributed by atoms with Crippen LogP contribution in [-0.4, -0.2) is 10.8 Å². The molecule has 0 N–H and O–H groups in total. The average Bonchev–Trinajstić information content (AvgIpc) is 2.35. The fraction of sp³-hybridized carbons (Fsp3) is 0.429. The van der Waals surface area contributed by atoms with Crippen LogP contribution in [0.1, 0.15) is 37.6 Å². The molecule has 1 heterocycles. The minimum absolute atomic E-state index is 0.0589. The summed E-state index contributed by atoms with van der Waals surface area (Å²) < 4.78 is 0. The molecule has 86 valence electrons. The van der Waals surface area contributed by atoms with Gasteiger partial charge in [0.1, 0.15) is 0 Å². The third kappa shape index (κ3) is 3.61. The minimum atomic E-state index is -0.0589. The summed E-state index contributed by atoms with van der Waals surface area (Å²) in [5.41, 5.74) is 0.733. The van der Waals surface area contributed by atoms with Gasteiger partial charge in [-0.1, -0.05) is 39.3 Å². The van der Waals surface area contributed by atoms with Crippen molar-refractivity contribution in [3.05, 3.63) is 42.2 Å². The second kappa shape index (κ2) is 6.21. The van der Waals surface area contributed by atoms with Crippen LogP contribution in [-0.2, 0) is 0 Å². The van der Waals surface area contributed by atoms with E-state index in [0.29, 0.717) is 5.92 Å². The molecule has 1 unspecified atom stereocenters. The highest BCUT2D eigenvalue weighted by Crippen LogP contribution is 2.11. The van der Waals surface area contributed by atoms with Crippen molar-refractivity contribution in [3.63, 3.8) is 0 Å². The SMILES string of the molecule is CCC(C)/C=C/[C@H](C)C(=O)c1ccncc1. The fourth-order valence-electron chi connectivity index (χ4n) is 1.36. The molecule has 2 heteroatoms. The summed E-state index contributed by atoms with van der Waals surface area (Å²) in [6.45, 7) is 6.23. The Balaban J connectivity index is 2.65. The van der Waals surface area contributed by atoms with Crippen LogP contribution in [0, 0.1) is 11.8 Å². The van der Waals surface area contributed by atoms with Crippen molar-refractivity contribution in [1.29, 1.82) is 0 Å². The Bertz CT molecular complexity index is 356.